The highest BCUT2D eigenvalue weighted by molar-refractivity contribution is 6.62. The molecule has 0 radical (unpaired) electrons. The fraction of sp³-hybridized carbons (Fsp3) is 1.00. The zero-order chi connectivity index (χ0) is 15.0. The summed E-state index contributed by atoms with van der Waals surface area (Å²) in [5.74, 6) is 1.40. The van der Waals surface area contributed by atoms with Crippen LogP contribution in [-0.4, -0.2) is 28.6 Å². The van der Waals surface area contributed by atoms with Crippen molar-refractivity contribution in [3.8, 4) is 0 Å². The van der Waals surface area contributed by atoms with Crippen LogP contribution in [0.3, 0.4) is 0 Å². The molecule has 0 aromatic carbocycles. The van der Waals surface area contributed by atoms with Gasteiger partial charge in [0, 0.05) is 25.4 Å². The van der Waals surface area contributed by atoms with Crippen LogP contribution in [0, 0.1) is 11.8 Å². The van der Waals surface area contributed by atoms with E-state index in [4.69, 9.17) is 13.3 Å². The van der Waals surface area contributed by atoms with Crippen molar-refractivity contribution in [2.45, 2.75) is 72.3 Å². The summed E-state index contributed by atoms with van der Waals surface area (Å²) in [6.45, 7) is 12.9. The Labute approximate surface area is 126 Å². The van der Waals surface area contributed by atoms with Gasteiger partial charge in [-0.25, -0.2) is 0 Å². The lowest BCUT2D eigenvalue weighted by Crippen LogP contribution is -2.55. The van der Waals surface area contributed by atoms with E-state index in [1.54, 1.807) is 0 Å². The molecule has 120 valence electrons. The first kappa shape index (κ1) is 18.1. The zero-order valence-corrected chi connectivity index (χ0v) is 15.1. The maximum Gasteiger partial charge on any atom is 0.504 e. The van der Waals surface area contributed by atoms with Gasteiger partial charge in [-0.3, -0.25) is 0 Å². The van der Waals surface area contributed by atoms with E-state index in [0.717, 1.165) is 0 Å². The monoisotopic (exact) mass is 302 g/mol. The Balaban J connectivity index is 3.08. The van der Waals surface area contributed by atoms with E-state index in [2.05, 4.69) is 34.6 Å². The van der Waals surface area contributed by atoms with E-state index < -0.39 is 8.80 Å². The average molecular weight is 303 g/mol. The van der Waals surface area contributed by atoms with E-state index in [-0.39, 0.29) is 0 Å². The van der Waals surface area contributed by atoms with Gasteiger partial charge in [0.2, 0.25) is 0 Å². The second-order valence-electron chi connectivity index (χ2n) is 5.70. The maximum atomic E-state index is 6.21. The lowest BCUT2D eigenvalue weighted by Gasteiger charge is -2.45. The quantitative estimate of drug-likeness (QED) is 0.581. The van der Waals surface area contributed by atoms with Crippen LogP contribution in [0.5, 0.6) is 0 Å². The molecule has 1 aliphatic rings. The van der Waals surface area contributed by atoms with Gasteiger partial charge in [-0.2, -0.15) is 0 Å². The topological polar surface area (TPSA) is 27.7 Å². The predicted molar refractivity (Wildman–Crippen MR) is 85.8 cm³/mol. The Bertz CT molecular complexity index is 231. The number of hydrogen-bond acceptors (Lipinski definition) is 3. The van der Waals surface area contributed by atoms with Gasteiger partial charge < -0.3 is 13.3 Å². The first-order valence-corrected chi connectivity index (χ1v) is 10.4. The molecule has 2 unspecified atom stereocenters. The SMILES string of the molecule is CCO[Si](OCC)(OCC)C1C(CC)CCCC1CC. The normalized spacial score (nSPS) is 27.8. The van der Waals surface area contributed by atoms with Gasteiger partial charge in [-0.1, -0.05) is 46.0 Å². The summed E-state index contributed by atoms with van der Waals surface area (Å²) < 4.78 is 18.6. The highest BCUT2D eigenvalue weighted by Gasteiger charge is 2.55. The molecule has 1 fully saturated rings. The molecule has 0 spiro atoms. The molecule has 0 N–H and O–H groups in total. The van der Waals surface area contributed by atoms with Gasteiger partial charge in [0.05, 0.1) is 0 Å². The average Bonchev–Trinajstić information content (AvgIpc) is 2.47. The molecule has 0 aliphatic heterocycles. The first-order chi connectivity index (χ1) is 9.68. The Morgan fingerprint density at radius 2 is 1.15 bits per heavy atom. The minimum absolute atomic E-state index is 0.492. The van der Waals surface area contributed by atoms with Gasteiger partial charge in [-0.15, -0.1) is 0 Å². The molecule has 20 heavy (non-hydrogen) atoms. The van der Waals surface area contributed by atoms with Crippen LogP contribution in [0.2, 0.25) is 5.54 Å². The second kappa shape index (κ2) is 9.18. The smallest absolute Gasteiger partial charge is 0.374 e. The largest absolute Gasteiger partial charge is 0.504 e. The summed E-state index contributed by atoms with van der Waals surface area (Å²) in [5, 5.41) is 0. The number of rotatable bonds is 9. The summed E-state index contributed by atoms with van der Waals surface area (Å²) in [7, 11) is -2.56. The van der Waals surface area contributed by atoms with Crippen molar-refractivity contribution in [2.75, 3.05) is 19.8 Å². The summed E-state index contributed by atoms with van der Waals surface area (Å²) >= 11 is 0. The van der Waals surface area contributed by atoms with Crippen LogP contribution in [-0.2, 0) is 13.3 Å². The van der Waals surface area contributed by atoms with Crippen LogP contribution in [0.1, 0.15) is 66.7 Å². The highest BCUT2D eigenvalue weighted by atomic mass is 28.4. The maximum absolute atomic E-state index is 6.21. The third-order valence-electron chi connectivity index (χ3n) is 4.66. The molecule has 1 saturated carbocycles. The molecule has 1 rings (SSSR count). The number of hydrogen-bond donors (Lipinski definition) is 0. The summed E-state index contributed by atoms with van der Waals surface area (Å²) in [4.78, 5) is 0. The van der Waals surface area contributed by atoms with Gasteiger partial charge in [-0.05, 0) is 32.6 Å². The van der Waals surface area contributed by atoms with Gasteiger partial charge in [0.15, 0.2) is 0 Å². The van der Waals surface area contributed by atoms with Crippen LogP contribution in [0.4, 0.5) is 0 Å². The van der Waals surface area contributed by atoms with Crippen molar-refractivity contribution in [1.82, 2.24) is 0 Å². The van der Waals surface area contributed by atoms with Crippen LogP contribution in [0.15, 0.2) is 0 Å². The molecule has 0 saturated heterocycles. The molecule has 0 aromatic heterocycles. The Kier molecular flexibility index (Phi) is 8.33. The third-order valence-corrected chi connectivity index (χ3v) is 8.49. The minimum Gasteiger partial charge on any atom is -0.374 e. The fourth-order valence-corrected chi connectivity index (χ4v) is 7.89. The van der Waals surface area contributed by atoms with Crippen molar-refractivity contribution >= 4 is 8.80 Å². The van der Waals surface area contributed by atoms with E-state index in [1.165, 1.54) is 32.1 Å². The van der Waals surface area contributed by atoms with Crippen molar-refractivity contribution in [1.29, 1.82) is 0 Å². The standard InChI is InChI=1S/C16H34O3Si/c1-6-14-12-11-13-15(7-2)16(14)20(17-8-3,18-9-4)19-10-5/h14-16H,6-13H2,1-5H3. The van der Waals surface area contributed by atoms with E-state index in [0.29, 0.717) is 37.2 Å². The highest BCUT2D eigenvalue weighted by Crippen LogP contribution is 2.49. The van der Waals surface area contributed by atoms with Crippen molar-refractivity contribution < 1.29 is 13.3 Å². The van der Waals surface area contributed by atoms with Gasteiger partial charge in [0.25, 0.3) is 0 Å². The van der Waals surface area contributed by atoms with Crippen LogP contribution >= 0.6 is 0 Å². The molecule has 0 amide bonds. The minimum atomic E-state index is -2.56. The third kappa shape index (κ3) is 4.06. The molecule has 0 bridgehead atoms. The lowest BCUT2D eigenvalue weighted by molar-refractivity contribution is 0.0349. The molecule has 3 nitrogen and oxygen atoms in total. The van der Waals surface area contributed by atoms with Gasteiger partial charge >= 0.3 is 8.80 Å². The van der Waals surface area contributed by atoms with Crippen LogP contribution < -0.4 is 0 Å². The van der Waals surface area contributed by atoms with Crippen molar-refractivity contribution in [2.24, 2.45) is 11.8 Å². The summed E-state index contributed by atoms with van der Waals surface area (Å²) in [5.41, 5.74) is 0.492. The Hall–Kier alpha value is 0.0969. The summed E-state index contributed by atoms with van der Waals surface area (Å²) in [6, 6.07) is 0. The molecule has 0 aromatic rings. The van der Waals surface area contributed by atoms with E-state index in [9.17, 15) is 0 Å². The first-order valence-electron chi connectivity index (χ1n) is 8.60. The molecule has 0 heterocycles. The lowest BCUT2D eigenvalue weighted by atomic mass is 9.78. The molecular formula is C16H34O3Si. The molecule has 1 aliphatic carbocycles. The van der Waals surface area contributed by atoms with E-state index in [1.807, 2.05) is 0 Å². The predicted octanol–water partition coefficient (Wildman–Crippen LogP) is 4.64. The van der Waals surface area contributed by atoms with Crippen LogP contribution in [0.25, 0.3) is 0 Å². The Morgan fingerprint density at radius 3 is 1.45 bits per heavy atom. The zero-order valence-electron chi connectivity index (χ0n) is 14.1. The fourth-order valence-electron chi connectivity index (χ4n) is 3.90. The Morgan fingerprint density at radius 1 is 0.750 bits per heavy atom. The second-order valence-corrected chi connectivity index (χ2v) is 8.44. The van der Waals surface area contributed by atoms with Gasteiger partial charge in [0.1, 0.15) is 0 Å². The van der Waals surface area contributed by atoms with Crippen molar-refractivity contribution in [3.05, 3.63) is 0 Å². The molecular weight excluding hydrogens is 268 g/mol. The molecule has 2 atom stereocenters. The molecule has 4 heteroatoms. The van der Waals surface area contributed by atoms with E-state index >= 15 is 0 Å². The summed E-state index contributed by atoms with van der Waals surface area (Å²) in [6.07, 6.45) is 6.38. The van der Waals surface area contributed by atoms with Crippen molar-refractivity contribution in [3.63, 3.8) is 0 Å².